The van der Waals surface area contributed by atoms with Crippen molar-refractivity contribution in [3.63, 3.8) is 0 Å². The van der Waals surface area contributed by atoms with E-state index in [2.05, 4.69) is 10.6 Å². The largest absolute Gasteiger partial charge is 0.243 e. The van der Waals surface area contributed by atoms with Crippen LogP contribution < -0.4 is 4.57 Å². The van der Waals surface area contributed by atoms with E-state index in [1.54, 1.807) is 0 Å². The Hall–Kier alpha value is -2.08. The highest BCUT2D eigenvalue weighted by Crippen LogP contribution is 2.05. The fraction of sp³-hybridized carbons (Fsp3) is 0.167. The molecule has 0 saturated carbocycles. The fourth-order valence-corrected chi connectivity index (χ4v) is 1.55. The van der Waals surface area contributed by atoms with E-state index >= 15 is 0 Å². The molecule has 0 amide bonds. The number of aromatic nitrogens is 2. The van der Waals surface area contributed by atoms with Crippen molar-refractivity contribution in [2.24, 2.45) is 7.05 Å². The zero-order valence-corrected chi connectivity index (χ0v) is 8.59. The Bertz CT molecular complexity index is 506. The van der Waals surface area contributed by atoms with Crippen LogP contribution in [0, 0.1) is 11.3 Å². The van der Waals surface area contributed by atoms with Crippen LogP contribution in [0.25, 0.3) is 0 Å². The first-order valence-electron chi connectivity index (χ1n) is 4.78. The molecular weight excluding hydrogens is 186 g/mol. The van der Waals surface area contributed by atoms with Gasteiger partial charge in [-0.05, 0) is 17.7 Å². The molecule has 74 valence electrons. The quantitative estimate of drug-likeness (QED) is 0.668. The Morgan fingerprint density at radius 2 is 2.33 bits per heavy atom. The van der Waals surface area contributed by atoms with Crippen LogP contribution in [0.5, 0.6) is 0 Å². The van der Waals surface area contributed by atoms with Gasteiger partial charge in [-0.25, -0.2) is 9.13 Å². The number of aryl methyl sites for hydroxylation is 1. The van der Waals surface area contributed by atoms with E-state index in [1.165, 1.54) is 0 Å². The smallest absolute Gasteiger partial charge is 0.240 e. The third kappa shape index (κ3) is 2.23. The highest BCUT2D eigenvalue weighted by atomic mass is 15.1. The first kappa shape index (κ1) is 9.47. The SMILES string of the molecule is C[n+]1ccn(Cc2cccc(C#N)c2)c1. The minimum absolute atomic E-state index is 0.712. The van der Waals surface area contributed by atoms with Crippen LogP contribution in [0.15, 0.2) is 43.0 Å². The molecule has 0 saturated heterocycles. The summed E-state index contributed by atoms with van der Waals surface area (Å²) in [5, 5.41) is 8.77. The lowest BCUT2D eigenvalue weighted by atomic mass is 10.1. The normalized spacial score (nSPS) is 9.87. The Morgan fingerprint density at radius 3 is 3.00 bits per heavy atom. The van der Waals surface area contributed by atoms with E-state index in [0.29, 0.717) is 5.56 Å². The molecule has 1 heterocycles. The molecule has 0 radical (unpaired) electrons. The molecule has 0 fully saturated rings. The molecule has 0 unspecified atom stereocenters. The van der Waals surface area contributed by atoms with Gasteiger partial charge in [-0.3, -0.25) is 0 Å². The van der Waals surface area contributed by atoms with Crippen molar-refractivity contribution in [2.45, 2.75) is 6.54 Å². The van der Waals surface area contributed by atoms with Gasteiger partial charge in [0.15, 0.2) is 0 Å². The van der Waals surface area contributed by atoms with Crippen LogP contribution in [0.4, 0.5) is 0 Å². The molecule has 0 atom stereocenters. The van der Waals surface area contributed by atoms with E-state index in [1.807, 2.05) is 54.6 Å². The number of benzene rings is 1. The molecule has 1 aromatic carbocycles. The second-order valence-corrected chi connectivity index (χ2v) is 3.56. The van der Waals surface area contributed by atoms with Crippen molar-refractivity contribution in [1.29, 1.82) is 5.26 Å². The van der Waals surface area contributed by atoms with Crippen LogP contribution >= 0.6 is 0 Å². The summed E-state index contributed by atoms with van der Waals surface area (Å²) < 4.78 is 4.07. The summed E-state index contributed by atoms with van der Waals surface area (Å²) in [7, 11) is 1.99. The van der Waals surface area contributed by atoms with Crippen LogP contribution in [0.3, 0.4) is 0 Å². The molecule has 15 heavy (non-hydrogen) atoms. The molecule has 3 nitrogen and oxygen atoms in total. The molecule has 0 aliphatic rings. The first-order chi connectivity index (χ1) is 7.28. The highest BCUT2D eigenvalue weighted by Gasteiger charge is 2.02. The van der Waals surface area contributed by atoms with E-state index in [9.17, 15) is 0 Å². The number of hydrogen-bond donors (Lipinski definition) is 0. The van der Waals surface area contributed by atoms with Crippen molar-refractivity contribution in [3.8, 4) is 6.07 Å². The minimum atomic E-state index is 0.712. The number of rotatable bonds is 2. The molecular formula is C12H12N3+. The standard InChI is InChI=1S/C12H12N3/c1-14-5-6-15(10-14)9-12-4-2-3-11(7-12)8-13/h2-7,10H,9H2,1H3/q+1. The Balaban J connectivity index is 2.21. The third-order valence-corrected chi connectivity index (χ3v) is 2.24. The molecule has 0 N–H and O–H groups in total. The van der Waals surface area contributed by atoms with E-state index < -0.39 is 0 Å². The van der Waals surface area contributed by atoms with Crippen LogP contribution in [0.1, 0.15) is 11.1 Å². The molecule has 0 spiro atoms. The van der Waals surface area contributed by atoms with Crippen molar-refractivity contribution < 1.29 is 4.57 Å². The lowest BCUT2D eigenvalue weighted by Gasteiger charge is -1.97. The summed E-state index contributed by atoms with van der Waals surface area (Å²) in [4.78, 5) is 0. The average Bonchev–Trinajstić information content (AvgIpc) is 2.64. The monoisotopic (exact) mass is 198 g/mol. The number of imidazole rings is 1. The number of hydrogen-bond acceptors (Lipinski definition) is 1. The number of nitrogens with zero attached hydrogens (tertiary/aromatic N) is 3. The predicted molar refractivity (Wildman–Crippen MR) is 55.9 cm³/mol. The van der Waals surface area contributed by atoms with Gasteiger partial charge in [-0.1, -0.05) is 12.1 Å². The maximum atomic E-state index is 8.77. The summed E-state index contributed by atoms with van der Waals surface area (Å²) >= 11 is 0. The Kier molecular flexibility index (Phi) is 2.51. The second kappa shape index (κ2) is 3.97. The van der Waals surface area contributed by atoms with Gasteiger partial charge in [-0.15, -0.1) is 0 Å². The Labute approximate surface area is 88.8 Å². The minimum Gasteiger partial charge on any atom is -0.240 e. The van der Waals surface area contributed by atoms with Gasteiger partial charge in [0.1, 0.15) is 18.9 Å². The summed E-state index contributed by atoms with van der Waals surface area (Å²) in [6, 6.07) is 9.82. The van der Waals surface area contributed by atoms with Gasteiger partial charge in [0, 0.05) is 0 Å². The van der Waals surface area contributed by atoms with Crippen molar-refractivity contribution in [1.82, 2.24) is 4.57 Å². The maximum Gasteiger partial charge on any atom is 0.243 e. The summed E-state index contributed by atoms with van der Waals surface area (Å²) in [5.41, 5.74) is 1.86. The molecule has 0 aliphatic carbocycles. The molecule has 0 aliphatic heterocycles. The van der Waals surface area contributed by atoms with Crippen LogP contribution in [-0.2, 0) is 13.6 Å². The topological polar surface area (TPSA) is 32.6 Å². The van der Waals surface area contributed by atoms with Crippen molar-refractivity contribution >= 4 is 0 Å². The van der Waals surface area contributed by atoms with E-state index in [0.717, 1.165) is 12.1 Å². The summed E-state index contributed by atoms with van der Waals surface area (Å²) in [6.45, 7) is 0.802. The Morgan fingerprint density at radius 1 is 1.47 bits per heavy atom. The van der Waals surface area contributed by atoms with Gasteiger partial charge in [0.2, 0.25) is 6.33 Å². The maximum absolute atomic E-state index is 8.77. The predicted octanol–water partition coefficient (Wildman–Crippen LogP) is 1.23. The molecule has 1 aromatic heterocycles. The zero-order chi connectivity index (χ0) is 10.7. The fourth-order valence-electron chi connectivity index (χ4n) is 1.55. The van der Waals surface area contributed by atoms with Gasteiger partial charge < -0.3 is 0 Å². The third-order valence-electron chi connectivity index (χ3n) is 2.24. The zero-order valence-electron chi connectivity index (χ0n) is 8.59. The van der Waals surface area contributed by atoms with Gasteiger partial charge >= 0.3 is 0 Å². The molecule has 0 bridgehead atoms. The first-order valence-corrected chi connectivity index (χ1v) is 4.78. The average molecular weight is 198 g/mol. The summed E-state index contributed by atoms with van der Waals surface area (Å²) in [6.07, 6.45) is 6.02. The van der Waals surface area contributed by atoms with Crippen molar-refractivity contribution in [3.05, 3.63) is 54.1 Å². The van der Waals surface area contributed by atoms with Crippen molar-refractivity contribution in [2.75, 3.05) is 0 Å². The molecule has 3 heteroatoms. The lowest BCUT2D eigenvalue weighted by molar-refractivity contribution is -0.671. The van der Waals surface area contributed by atoms with E-state index in [-0.39, 0.29) is 0 Å². The molecule has 2 aromatic rings. The molecule has 2 rings (SSSR count). The highest BCUT2D eigenvalue weighted by molar-refractivity contribution is 5.32. The number of nitriles is 1. The van der Waals surface area contributed by atoms with Gasteiger partial charge in [-0.2, -0.15) is 5.26 Å². The van der Waals surface area contributed by atoms with Gasteiger partial charge in [0.25, 0.3) is 0 Å². The second-order valence-electron chi connectivity index (χ2n) is 3.56. The van der Waals surface area contributed by atoms with Gasteiger partial charge in [0.05, 0.1) is 18.7 Å². The lowest BCUT2D eigenvalue weighted by Crippen LogP contribution is -2.23. The van der Waals surface area contributed by atoms with E-state index in [4.69, 9.17) is 5.26 Å². The van der Waals surface area contributed by atoms with Crippen LogP contribution in [0.2, 0.25) is 0 Å². The summed E-state index contributed by atoms with van der Waals surface area (Å²) in [5.74, 6) is 0. The van der Waals surface area contributed by atoms with Crippen LogP contribution in [-0.4, -0.2) is 4.57 Å².